The van der Waals surface area contributed by atoms with Gasteiger partial charge in [0.05, 0.1) is 5.69 Å². The van der Waals surface area contributed by atoms with E-state index in [1.54, 1.807) is 0 Å². The van der Waals surface area contributed by atoms with Gasteiger partial charge in [-0.1, -0.05) is 37.1 Å². The molecule has 16 heavy (non-hydrogen) atoms. The average Bonchev–Trinajstić information content (AvgIpc) is 2.29. The van der Waals surface area contributed by atoms with Gasteiger partial charge in [-0.25, -0.2) is 0 Å². The van der Waals surface area contributed by atoms with Gasteiger partial charge >= 0.3 is 0 Å². The lowest BCUT2D eigenvalue weighted by molar-refractivity contribution is 0.609. The summed E-state index contributed by atoms with van der Waals surface area (Å²) in [6.07, 6.45) is 10.1. The Morgan fingerprint density at radius 2 is 1.62 bits per heavy atom. The number of hydrazine groups is 1. The third kappa shape index (κ3) is 3.61. The quantitative estimate of drug-likeness (QED) is 0.750. The van der Waals surface area contributed by atoms with Crippen LogP contribution in [0.2, 0.25) is 0 Å². The number of anilines is 1. The average molecular weight is 216 g/mol. The van der Waals surface area contributed by atoms with Crippen LogP contribution < -0.4 is 10.9 Å². The van der Waals surface area contributed by atoms with Crippen molar-refractivity contribution >= 4 is 5.69 Å². The summed E-state index contributed by atoms with van der Waals surface area (Å²) >= 11 is 0. The van der Waals surface area contributed by atoms with Gasteiger partial charge < -0.3 is 10.9 Å². The fourth-order valence-corrected chi connectivity index (χ4v) is 1.98. The van der Waals surface area contributed by atoms with Crippen molar-refractivity contribution in [1.82, 2.24) is 5.43 Å². The summed E-state index contributed by atoms with van der Waals surface area (Å²) < 4.78 is 0. The van der Waals surface area contributed by atoms with Gasteiger partial charge in [0.2, 0.25) is 0 Å². The van der Waals surface area contributed by atoms with Crippen LogP contribution in [-0.4, -0.2) is 0 Å². The van der Waals surface area contributed by atoms with Gasteiger partial charge in [-0.2, -0.15) is 0 Å². The molecule has 86 valence electrons. The molecular weight excluding hydrogens is 196 g/mol. The van der Waals surface area contributed by atoms with Crippen LogP contribution in [0.3, 0.4) is 0 Å². The first kappa shape index (κ1) is 11.1. The van der Waals surface area contributed by atoms with Gasteiger partial charge in [0.1, 0.15) is 0 Å². The molecule has 2 nitrogen and oxygen atoms in total. The molecule has 1 aliphatic carbocycles. The molecule has 1 aliphatic rings. The number of para-hydroxylation sites is 1. The van der Waals surface area contributed by atoms with E-state index in [1.807, 2.05) is 18.2 Å². The molecule has 1 aromatic rings. The standard InChI is InChI=1S/C14H20N2/c1-2-5-9-13(10-6-3-1)15-16-14-11-7-4-8-12-14/h4,7-9,11-12,15-16H,1-3,5-6,10H2. The van der Waals surface area contributed by atoms with E-state index in [-0.39, 0.29) is 0 Å². The Hall–Kier alpha value is -1.44. The smallest absolute Gasteiger partial charge is 0.0539 e. The van der Waals surface area contributed by atoms with E-state index in [2.05, 4.69) is 29.1 Å². The second kappa shape index (κ2) is 6.21. The maximum absolute atomic E-state index is 3.32. The van der Waals surface area contributed by atoms with Crippen LogP contribution in [0, 0.1) is 0 Å². The lowest BCUT2D eigenvalue weighted by Crippen LogP contribution is -2.21. The molecule has 0 aromatic heterocycles. The summed E-state index contributed by atoms with van der Waals surface area (Å²) in [6.45, 7) is 0. The van der Waals surface area contributed by atoms with Crippen molar-refractivity contribution in [2.24, 2.45) is 0 Å². The van der Waals surface area contributed by atoms with Gasteiger partial charge in [0, 0.05) is 5.70 Å². The highest BCUT2D eigenvalue weighted by atomic mass is 15.4. The van der Waals surface area contributed by atoms with Crippen LogP contribution in [0.1, 0.15) is 38.5 Å². The molecule has 2 rings (SSSR count). The minimum absolute atomic E-state index is 1.12. The monoisotopic (exact) mass is 216 g/mol. The lowest BCUT2D eigenvalue weighted by atomic mass is 10.0. The SMILES string of the molecule is C1=C(NNc2ccccc2)CCCCCC1. The van der Waals surface area contributed by atoms with E-state index >= 15 is 0 Å². The fourth-order valence-electron chi connectivity index (χ4n) is 1.98. The van der Waals surface area contributed by atoms with E-state index in [9.17, 15) is 0 Å². The zero-order valence-corrected chi connectivity index (χ0v) is 9.71. The molecule has 0 atom stereocenters. The molecule has 0 radical (unpaired) electrons. The van der Waals surface area contributed by atoms with Crippen molar-refractivity contribution in [1.29, 1.82) is 0 Å². The Morgan fingerprint density at radius 3 is 2.50 bits per heavy atom. The molecular formula is C14H20N2. The minimum Gasteiger partial charge on any atom is -0.305 e. The van der Waals surface area contributed by atoms with Crippen molar-refractivity contribution < 1.29 is 0 Å². The number of hydrogen-bond acceptors (Lipinski definition) is 2. The number of nitrogens with one attached hydrogen (secondary N) is 2. The van der Waals surface area contributed by atoms with Gasteiger partial charge in [0.15, 0.2) is 0 Å². The summed E-state index contributed by atoms with van der Waals surface area (Å²) in [4.78, 5) is 0. The second-order valence-electron chi connectivity index (χ2n) is 4.30. The molecule has 0 amide bonds. The Kier molecular flexibility index (Phi) is 4.29. The van der Waals surface area contributed by atoms with E-state index in [1.165, 1.54) is 44.2 Å². The van der Waals surface area contributed by atoms with Crippen molar-refractivity contribution in [3.05, 3.63) is 42.1 Å². The molecule has 0 aliphatic heterocycles. The summed E-state index contributed by atoms with van der Waals surface area (Å²) in [7, 11) is 0. The molecule has 0 saturated heterocycles. The highest BCUT2D eigenvalue weighted by molar-refractivity contribution is 5.41. The van der Waals surface area contributed by atoms with Crippen LogP contribution >= 0.6 is 0 Å². The van der Waals surface area contributed by atoms with E-state index in [0.717, 1.165) is 5.69 Å². The van der Waals surface area contributed by atoms with Gasteiger partial charge in [0.25, 0.3) is 0 Å². The van der Waals surface area contributed by atoms with Crippen LogP contribution in [0.5, 0.6) is 0 Å². The fraction of sp³-hybridized carbons (Fsp3) is 0.429. The first-order valence-electron chi connectivity index (χ1n) is 6.21. The first-order chi connectivity index (χ1) is 7.95. The summed E-state index contributed by atoms with van der Waals surface area (Å²) in [5, 5.41) is 0. The number of rotatable bonds is 3. The second-order valence-corrected chi connectivity index (χ2v) is 4.30. The molecule has 1 aromatic carbocycles. The molecule has 0 unspecified atom stereocenters. The van der Waals surface area contributed by atoms with Crippen molar-refractivity contribution in [2.75, 3.05) is 5.43 Å². The molecule has 0 saturated carbocycles. The normalized spacial score (nSPS) is 16.9. The van der Waals surface area contributed by atoms with E-state index < -0.39 is 0 Å². The Balaban J connectivity index is 1.84. The van der Waals surface area contributed by atoms with E-state index in [4.69, 9.17) is 0 Å². The third-order valence-electron chi connectivity index (χ3n) is 2.93. The summed E-state index contributed by atoms with van der Waals surface area (Å²) in [6, 6.07) is 10.2. The molecule has 0 fully saturated rings. The predicted molar refractivity (Wildman–Crippen MR) is 69.0 cm³/mol. The van der Waals surface area contributed by atoms with Crippen molar-refractivity contribution in [3.63, 3.8) is 0 Å². The number of hydrogen-bond donors (Lipinski definition) is 2. The molecule has 2 heteroatoms. The Bertz CT molecular complexity index is 330. The van der Waals surface area contributed by atoms with Gasteiger partial charge in [-0.3, -0.25) is 0 Å². The first-order valence-corrected chi connectivity index (χ1v) is 6.21. The van der Waals surface area contributed by atoms with Crippen LogP contribution in [-0.2, 0) is 0 Å². The Morgan fingerprint density at radius 1 is 0.812 bits per heavy atom. The lowest BCUT2D eigenvalue weighted by Gasteiger charge is -2.15. The predicted octanol–water partition coefficient (Wildman–Crippen LogP) is 3.84. The Labute approximate surface area is 97.7 Å². The van der Waals surface area contributed by atoms with Gasteiger partial charge in [-0.05, 0) is 37.8 Å². The number of allylic oxidation sites excluding steroid dienone is 2. The molecule has 0 heterocycles. The van der Waals surface area contributed by atoms with Crippen LogP contribution in [0.4, 0.5) is 5.69 Å². The highest BCUT2D eigenvalue weighted by Gasteiger charge is 2.00. The van der Waals surface area contributed by atoms with E-state index in [0.29, 0.717) is 0 Å². The van der Waals surface area contributed by atoms with Crippen molar-refractivity contribution in [3.8, 4) is 0 Å². The zero-order chi connectivity index (χ0) is 11.1. The minimum atomic E-state index is 1.12. The maximum atomic E-state index is 3.32. The van der Waals surface area contributed by atoms with Crippen LogP contribution in [0.25, 0.3) is 0 Å². The van der Waals surface area contributed by atoms with Crippen LogP contribution in [0.15, 0.2) is 42.1 Å². The summed E-state index contributed by atoms with van der Waals surface area (Å²) in [5.41, 5.74) is 9.01. The molecule has 0 spiro atoms. The number of benzene rings is 1. The largest absolute Gasteiger partial charge is 0.305 e. The molecule has 2 N–H and O–H groups in total. The summed E-state index contributed by atoms with van der Waals surface area (Å²) in [5.74, 6) is 0. The third-order valence-corrected chi connectivity index (χ3v) is 2.93. The van der Waals surface area contributed by atoms with Gasteiger partial charge in [-0.15, -0.1) is 0 Å². The topological polar surface area (TPSA) is 24.1 Å². The molecule has 0 bridgehead atoms. The van der Waals surface area contributed by atoms with Crippen molar-refractivity contribution in [2.45, 2.75) is 38.5 Å². The highest BCUT2D eigenvalue weighted by Crippen LogP contribution is 2.15. The zero-order valence-electron chi connectivity index (χ0n) is 9.71. The maximum Gasteiger partial charge on any atom is 0.0539 e.